The van der Waals surface area contributed by atoms with Crippen molar-refractivity contribution >= 4 is 11.8 Å². The van der Waals surface area contributed by atoms with Crippen LogP contribution < -0.4 is 0 Å². The molecule has 90 valence electrons. The highest BCUT2D eigenvalue weighted by Gasteiger charge is 2.03. The van der Waals surface area contributed by atoms with Gasteiger partial charge in [0.2, 0.25) is 0 Å². The first-order valence-corrected chi connectivity index (χ1v) is 5.34. The molecular weight excluding hydrogens is 196 g/mol. The van der Waals surface area contributed by atoms with E-state index in [2.05, 4.69) is 11.7 Å². The number of aliphatic hydroxyl groups is 1. The van der Waals surface area contributed by atoms with Crippen molar-refractivity contribution in [2.75, 3.05) is 13.2 Å². The molecule has 0 unspecified atom stereocenters. The zero-order chi connectivity index (χ0) is 12.1. The summed E-state index contributed by atoms with van der Waals surface area (Å²) in [5.41, 5.74) is 0. The van der Waals surface area contributed by atoms with Gasteiger partial charge in [-0.2, -0.15) is 0 Å². The van der Waals surface area contributed by atoms with E-state index in [-0.39, 0.29) is 12.2 Å². The molecule has 0 spiro atoms. The molecule has 0 rings (SSSR count). The zero-order valence-electron chi connectivity index (χ0n) is 9.91. The first-order chi connectivity index (χ1) is 7.08. The van der Waals surface area contributed by atoms with Crippen LogP contribution in [0.4, 0.5) is 0 Å². The van der Waals surface area contributed by atoms with Crippen molar-refractivity contribution in [2.45, 2.75) is 46.5 Å². The Bertz CT molecular complexity index is 162. The number of rotatable bonds is 6. The van der Waals surface area contributed by atoms with Crippen molar-refractivity contribution in [1.29, 1.82) is 0 Å². The fourth-order valence-electron chi connectivity index (χ4n) is 0.777. The van der Waals surface area contributed by atoms with Crippen LogP contribution in [0.3, 0.4) is 0 Å². The van der Waals surface area contributed by atoms with Crippen molar-refractivity contribution in [2.24, 2.45) is 0 Å². The molecule has 4 nitrogen and oxygen atoms in total. The second-order valence-corrected chi connectivity index (χ2v) is 3.11. The monoisotopic (exact) mass is 218 g/mol. The summed E-state index contributed by atoms with van der Waals surface area (Å²) in [6.45, 7) is 5.88. The van der Waals surface area contributed by atoms with E-state index in [1.54, 1.807) is 6.92 Å². The molecule has 4 heteroatoms. The topological polar surface area (TPSA) is 63.6 Å². The Morgan fingerprint density at radius 2 is 1.80 bits per heavy atom. The van der Waals surface area contributed by atoms with E-state index < -0.39 is 5.97 Å². The summed E-state index contributed by atoms with van der Waals surface area (Å²) in [5, 5.41) is 8.20. The summed E-state index contributed by atoms with van der Waals surface area (Å²) in [5.74, 6) is -0.599. The van der Waals surface area contributed by atoms with E-state index >= 15 is 0 Å². The summed E-state index contributed by atoms with van der Waals surface area (Å²) in [6.07, 6.45) is 3.22. The maximum absolute atomic E-state index is 10.4. The van der Waals surface area contributed by atoms with Gasteiger partial charge in [0.05, 0.1) is 6.61 Å². The smallest absolute Gasteiger partial charge is 0.313 e. The van der Waals surface area contributed by atoms with Crippen molar-refractivity contribution in [3.05, 3.63) is 0 Å². The zero-order valence-corrected chi connectivity index (χ0v) is 9.91. The van der Waals surface area contributed by atoms with Crippen LogP contribution in [0, 0.1) is 0 Å². The number of hydrogen-bond acceptors (Lipinski definition) is 4. The van der Waals surface area contributed by atoms with E-state index in [1.807, 2.05) is 0 Å². The molecular formula is C11H22O4. The molecule has 0 aromatic carbocycles. The van der Waals surface area contributed by atoms with Crippen LogP contribution in [0.1, 0.15) is 46.5 Å². The summed E-state index contributed by atoms with van der Waals surface area (Å²) >= 11 is 0. The van der Waals surface area contributed by atoms with Crippen molar-refractivity contribution in [3.63, 3.8) is 0 Å². The molecule has 0 bridgehead atoms. The third-order valence-corrected chi connectivity index (χ3v) is 1.46. The van der Waals surface area contributed by atoms with Gasteiger partial charge in [-0.3, -0.25) is 9.59 Å². The van der Waals surface area contributed by atoms with Crippen LogP contribution in [0.2, 0.25) is 0 Å². The molecule has 0 aromatic rings. The summed E-state index contributed by atoms with van der Waals surface area (Å²) in [4.78, 5) is 20.6. The first kappa shape index (κ1) is 16.5. The van der Waals surface area contributed by atoms with Crippen LogP contribution in [-0.4, -0.2) is 30.1 Å². The van der Waals surface area contributed by atoms with Crippen molar-refractivity contribution in [1.82, 2.24) is 0 Å². The van der Waals surface area contributed by atoms with Gasteiger partial charge < -0.3 is 9.84 Å². The molecule has 0 aliphatic rings. The van der Waals surface area contributed by atoms with Gasteiger partial charge in [-0.25, -0.2) is 0 Å². The number of ether oxygens (including phenoxy) is 1. The number of carbonyl (C=O) groups is 2. The number of unbranched alkanes of at least 4 members (excludes halogenated alkanes) is 2. The Balaban J connectivity index is 0. The highest BCUT2D eigenvalue weighted by Crippen LogP contribution is 1.89. The van der Waals surface area contributed by atoms with E-state index in [4.69, 9.17) is 5.11 Å². The number of esters is 1. The molecule has 0 amide bonds. The Morgan fingerprint density at radius 1 is 1.20 bits per heavy atom. The van der Waals surface area contributed by atoms with Gasteiger partial charge in [-0.05, 0) is 20.3 Å². The maximum atomic E-state index is 10.4. The molecule has 0 fully saturated rings. The van der Waals surface area contributed by atoms with E-state index in [0.717, 1.165) is 12.8 Å². The minimum Gasteiger partial charge on any atom is -0.466 e. The van der Waals surface area contributed by atoms with E-state index in [1.165, 1.54) is 13.3 Å². The third kappa shape index (κ3) is 19.5. The summed E-state index contributed by atoms with van der Waals surface area (Å²) < 4.78 is 4.49. The SMILES string of the molecule is CCCCCO.CCOC(=O)CC(C)=O. The highest BCUT2D eigenvalue weighted by molar-refractivity contribution is 5.94. The largest absolute Gasteiger partial charge is 0.466 e. The van der Waals surface area contributed by atoms with Gasteiger partial charge in [0.25, 0.3) is 0 Å². The normalized spacial score (nSPS) is 8.80. The van der Waals surface area contributed by atoms with Crippen LogP contribution in [0.25, 0.3) is 0 Å². The number of Topliss-reactive ketones (excluding diaryl/α,β-unsaturated/α-hetero) is 1. The molecule has 0 atom stereocenters. The van der Waals surface area contributed by atoms with Gasteiger partial charge in [0.15, 0.2) is 0 Å². The lowest BCUT2D eigenvalue weighted by Gasteiger charge is -1.96. The fourth-order valence-corrected chi connectivity index (χ4v) is 0.777. The first-order valence-electron chi connectivity index (χ1n) is 5.34. The lowest BCUT2D eigenvalue weighted by molar-refractivity contribution is -0.145. The fraction of sp³-hybridized carbons (Fsp3) is 0.818. The number of hydrogen-bond donors (Lipinski definition) is 1. The molecule has 0 heterocycles. The Hall–Kier alpha value is -0.900. The minimum absolute atomic E-state index is 0.103. The second kappa shape index (κ2) is 13.1. The maximum Gasteiger partial charge on any atom is 0.313 e. The average Bonchev–Trinajstić information content (AvgIpc) is 2.15. The molecule has 1 N–H and O–H groups in total. The molecule has 0 aliphatic heterocycles. The molecule has 0 aromatic heterocycles. The van der Waals surface area contributed by atoms with Gasteiger partial charge in [-0.15, -0.1) is 0 Å². The third-order valence-electron chi connectivity index (χ3n) is 1.46. The number of aliphatic hydroxyl groups excluding tert-OH is 1. The van der Waals surface area contributed by atoms with Gasteiger partial charge >= 0.3 is 5.97 Å². The molecule has 0 saturated carbocycles. The number of carbonyl (C=O) groups excluding carboxylic acids is 2. The van der Waals surface area contributed by atoms with E-state index in [0.29, 0.717) is 13.2 Å². The predicted molar refractivity (Wildman–Crippen MR) is 58.5 cm³/mol. The van der Waals surface area contributed by atoms with Crippen LogP contribution in [0.5, 0.6) is 0 Å². The number of ketones is 1. The van der Waals surface area contributed by atoms with Gasteiger partial charge in [0.1, 0.15) is 12.2 Å². The van der Waals surface area contributed by atoms with Gasteiger partial charge in [-0.1, -0.05) is 19.8 Å². The van der Waals surface area contributed by atoms with Crippen molar-refractivity contribution < 1.29 is 19.4 Å². The van der Waals surface area contributed by atoms with Crippen LogP contribution in [-0.2, 0) is 14.3 Å². The second-order valence-electron chi connectivity index (χ2n) is 3.11. The predicted octanol–water partition coefficient (Wildman–Crippen LogP) is 1.70. The molecule has 0 radical (unpaired) electrons. The summed E-state index contributed by atoms with van der Waals surface area (Å²) in [7, 11) is 0. The Kier molecular flexibility index (Phi) is 14.4. The standard InChI is InChI=1S/C6H10O3.C5H12O/c1-3-9-6(8)4-5(2)7;1-2-3-4-5-6/h3-4H2,1-2H3;6H,2-5H2,1H3. The molecule has 0 aliphatic carbocycles. The summed E-state index contributed by atoms with van der Waals surface area (Å²) in [6, 6.07) is 0. The quantitative estimate of drug-likeness (QED) is 0.418. The lowest BCUT2D eigenvalue weighted by atomic mass is 10.3. The lowest BCUT2D eigenvalue weighted by Crippen LogP contribution is -2.07. The van der Waals surface area contributed by atoms with Crippen molar-refractivity contribution in [3.8, 4) is 0 Å². The van der Waals surface area contributed by atoms with E-state index in [9.17, 15) is 9.59 Å². The van der Waals surface area contributed by atoms with Crippen LogP contribution >= 0.6 is 0 Å². The Morgan fingerprint density at radius 3 is 2.07 bits per heavy atom. The molecule has 0 saturated heterocycles. The van der Waals surface area contributed by atoms with Gasteiger partial charge in [0, 0.05) is 6.61 Å². The molecule has 15 heavy (non-hydrogen) atoms. The highest BCUT2D eigenvalue weighted by atomic mass is 16.5. The Labute approximate surface area is 91.6 Å². The van der Waals surface area contributed by atoms with Crippen LogP contribution in [0.15, 0.2) is 0 Å². The average molecular weight is 218 g/mol. The minimum atomic E-state index is -0.440.